The molecule has 1 fully saturated rings. The summed E-state index contributed by atoms with van der Waals surface area (Å²) in [5, 5.41) is 0. The first-order valence-corrected chi connectivity index (χ1v) is 11.8. The van der Waals surface area contributed by atoms with Crippen molar-refractivity contribution < 1.29 is 22.4 Å². The van der Waals surface area contributed by atoms with Gasteiger partial charge in [0, 0.05) is 26.2 Å². The number of rotatable bonds is 3. The summed E-state index contributed by atoms with van der Waals surface area (Å²) in [6.45, 7) is 2.15. The second-order valence-electron chi connectivity index (χ2n) is 7.71. The lowest BCUT2D eigenvalue weighted by Crippen LogP contribution is -2.51. The number of anilines is 2. The molecule has 0 radical (unpaired) electrons. The van der Waals surface area contributed by atoms with Gasteiger partial charge >= 0.3 is 0 Å². The van der Waals surface area contributed by atoms with Gasteiger partial charge in [0.2, 0.25) is 15.7 Å². The summed E-state index contributed by atoms with van der Waals surface area (Å²) < 4.78 is 31.3. The summed E-state index contributed by atoms with van der Waals surface area (Å²) >= 11 is 0. The molecule has 1 saturated heterocycles. The average Bonchev–Trinajstić information content (AvgIpc) is 3.34. The van der Waals surface area contributed by atoms with Crippen molar-refractivity contribution in [2.75, 3.05) is 37.6 Å². The average molecular weight is 452 g/mol. The minimum absolute atomic E-state index is 0.117. The fourth-order valence-electron chi connectivity index (χ4n) is 4.18. The van der Waals surface area contributed by atoms with Crippen LogP contribution in [0.1, 0.15) is 10.6 Å². The van der Waals surface area contributed by atoms with Gasteiger partial charge in [0.25, 0.3) is 5.91 Å². The Balaban J connectivity index is 1.35. The predicted octanol–water partition coefficient (Wildman–Crippen LogP) is 2.55. The number of nitrogens with zero attached hydrogens (tertiary/aromatic N) is 3. The molecule has 0 unspecified atom stereocenters. The molecule has 164 valence electrons. The summed E-state index contributed by atoms with van der Waals surface area (Å²) in [5.74, 6) is -0.0760. The Morgan fingerprint density at radius 1 is 0.812 bits per heavy atom. The molecule has 0 aliphatic carbocycles. The van der Waals surface area contributed by atoms with E-state index in [1.807, 2.05) is 4.90 Å². The molecule has 2 aliphatic rings. The van der Waals surface area contributed by atoms with Crippen molar-refractivity contribution in [1.82, 2.24) is 9.80 Å². The minimum Gasteiger partial charge on any atom is -0.459 e. The van der Waals surface area contributed by atoms with Crippen LogP contribution in [-0.2, 0) is 14.6 Å². The van der Waals surface area contributed by atoms with Gasteiger partial charge in [-0.1, -0.05) is 24.3 Å². The molecule has 0 N–H and O–H groups in total. The summed E-state index contributed by atoms with van der Waals surface area (Å²) in [6, 6.07) is 16.4. The summed E-state index contributed by atoms with van der Waals surface area (Å²) in [4.78, 5) is 31.3. The fourth-order valence-corrected chi connectivity index (χ4v) is 5.80. The number of hydrogen-bond donors (Lipinski definition) is 0. The Labute approximate surface area is 185 Å². The lowest BCUT2D eigenvalue weighted by molar-refractivity contribution is -0.119. The summed E-state index contributed by atoms with van der Waals surface area (Å²) in [6.07, 6.45) is 1.47. The number of carbonyl (C=O) groups is 2. The zero-order chi connectivity index (χ0) is 22.3. The van der Waals surface area contributed by atoms with Crippen LogP contribution < -0.4 is 4.90 Å². The first-order valence-electron chi connectivity index (χ1n) is 10.3. The standard InChI is InChI=1S/C23H21N3O5S/c27-22(16-24-11-13-25(14-12-24)23(28)19-8-5-15-31-19)26-17-6-1-3-9-20(17)32(29,30)21-10-4-2-7-18(21)26/h1-10,15H,11-14,16H2. The third-order valence-corrected chi connectivity index (χ3v) is 7.64. The topological polar surface area (TPSA) is 91.1 Å². The number of carbonyl (C=O) groups excluding carboxylic acids is 2. The number of benzene rings is 2. The Morgan fingerprint density at radius 2 is 1.41 bits per heavy atom. The van der Waals surface area contributed by atoms with Gasteiger partial charge in [0.1, 0.15) is 0 Å². The van der Waals surface area contributed by atoms with E-state index in [1.165, 1.54) is 23.3 Å². The van der Waals surface area contributed by atoms with Crippen molar-refractivity contribution >= 4 is 33.0 Å². The van der Waals surface area contributed by atoms with E-state index >= 15 is 0 Å². The van der Waals surface area contributed by atoms with Gasteiger partial charge in [-0.2, -0.15) is 0 Å². The van der Waals surface area contributed by atoms with Gasteiger partial charge in [0.05, 0.1) is 34.0 Å². The van der Waals surface area contributed by atoms with Crippen molar-refractivity contribution in [2.24, 2.45) is 0 Å². The second-order valence-corrected chi connectivity index (χ2v) is 9.60. The molecule has 0 spiro atoms. The SMILES string of the molecule is O=C(c1ccco1)N1CCN(CC(=O)N2c3ccccc3S(=O)(=O)c3ccccc32)CC1. The predicted molar refractivity (Wildman–Crippen MR) is 117 cm³/mol. The highest BCUT2D eigenvalue weighted by Crippen LogP contribution is 2.43. The summed E-state index contributed by atoms with van der Waals surface area (Å²) in [7, 11) is -3.70. The van der Waals surface area contributed by atoms with Crippen LogP contribution in [-0.4, -0.2) is 62.8 Å². The third-order valence-electron chi connectivity index (χ3n) is 5.79. The van der Waals surface area contributed by atoms with Gasteiger partial charge in [-0.05, 0) is 36.4 Å². The van der Waals surface area contributed by atoms with Crippen molar-refractivity contribution in [2.45, 2.75) is 9.79 Å². The number of furan rings is 1. The maximum absolute atomic E-state index is 13.4. The molecule has 0 saturated carbocycles. The molecule has 3 heterocycles. The van der Waals surface area contributed by atoms with Gasteiger partial charge < -0.3 is 9.32 Å². The largest absolute Gasteiger partial charge is 0.459 e. The molecule has 0 bridgehead atoms. The minimum atomic E-state index is -3.70. The first-order chi connectivity index (χ1) is 15.5. The Bertz CT molecular complexity index is 1220. The Kier molecular flexibility index (Phi) is 5.07. The third kappa shape index (κ3) is 3.39. The lowest BCUT2D eigenvalue weighted by atomic mass is 10.2. The normalized spacial score (nSPS) is 17.5. The molecular formula is C23H21N3O5S. The van der Waals surface area contributed by atoms with E-state index in [1.54, 1.807) is 53.4 Å². The fraction of sp³-hybridized carbons (Fsp3) is 0.217. The van der Waals surface area contributed by atoms with Crippen LogP contribution in [0.5, 0.6) is 0 Å². The van der Waals surface area contributed by atoms with E-state index in [0.29, 0.717) is 43.3 Å². The van der Waals surface area contributed by atoms with E-state index < -0.39 is 9.84 Å². The van der Waals surface area contributed by atoms with Gasteiger partial charge in [-0.3, -0.25) is 19.4 Å². The van der Waals surface area contributed by atoms with Crippen molar-refractivity contribution in [1.29, 1.82) is 0 Å². The number of para-hydroxylation sites is 2. The van der Waals surface area contributed by atoms with Gasteiger partial charge in [-0.25, -0.2) is 8.42 Å². The van der Waals surface area contributed by atoms with E-state index in [0.717, 1.165) is 0 Å². The van der Waals surface area contributed by atoms with Crippen molar-refractivity contribution in [3.63, 3.8) is 0 Å². The van der Waals surface area contributed by atoms with E-state index in [4.69, 9.17) is 4.42 Å². The van der Waals surface area contributed by atoms with E-state index in [2.05, 4.69) is 0 Å². The monoisotopic (exact) mass is 451 g/mol. The van der Waals surface area contributed by atoms with Crippen LogP contribution in [0.3, 0.4) is 0 Å². The Morgan fingerprint density at radius 3 is 1.97 bits per heavy atom. The number of amides is 2. The van der Waals surface area contributed by atoms with E-state index in [9.17, 15) is 18.0 Å². The summed E-state index contributed by atoms with van der Waals surface area (Å²) in [5.41, 5.74) is 0.727. The molecule has 9 heteroatoms. The molecule has 8 nitrogen and oxygen atoms in total. The van der Waals surface area contributed by atoms with Crippen LogP contribution >= 0.6 is 0 Å². The highest BCUT2D eigenvalue weighted by atomic mass is 32.2. The van der Waals surface area contributed by atoms with Crippen LogP contribution in [0.4, 0.5) is 11.4 Å². The number of hydrogen-bond acceptors (Lipinski definition) is 6. The molecule has 2 aliphatic heterocycles. The number of fused-ring (bicyclic) bond motifs is 2. The van der Waals surface area contributed by atoms with Crippen LogP contribution in [0.2, 0.25) is 0 Å². The lowest BCUT2D eigenvalue weighted by Gasteiger charge is -2.36. The molecule has 2 aromatic carbocycles. The van der Waals surface area contributed by atoms with Gasteiger partial charge in [-0.15, -0.1) is 0 Å². The van der Waals surface area contributed by atoms with Crippen LogP contribution in [0.25, 0.3) is 0 Å². The highest BCUT2D eigenvalue weighted by molar-refractivity contribution is 7.92. The first kappa shape index (κ1) is 20.5. The quantitative estimate of drug-likeness (QED) is 0.608. The van der Waals surface area contributed by atoms with Crippen molar-refractivity contribution in [3.8, 4) is 0 Å². The molecule has 2 amide bonds. The maximum Gasteiger partial charge on any atom is 0.289 e. The highest BCUT2D eigenvalue weighted by Gasteiger charge is 2.37. The second kappa shape index (κ2) is 7.92. The van der Waals surface area contributed by atoms with Crippen LogP contribution in [0.15, 0.2) is 81.1 Å². The van der Waals surface area contributed by atoms with Gasteiger partial charge in [0.15, 0.2) is 5.76 Å². The maximum atomic E-state index is 13.4. The smallest absolute Gasteiger partial charge is 0.289 e. The molecule has 0 atom stereocenters. The molecular weight excluding hydrogens is 430 g/mol. The number of piperazine rings is 1. The molecule has 32 heavy (non-hydrogen) atoms. The number of sulfone groups is 1. The molecule has 3 aromatic rings. The molecule has 1 aromatic heterocycles. The molecule has 5 rings (SSSR count). The van der Waals surface area contributed by atoms with Crippen LogP contribution in [0, 0.1) is 0 Å². The van der Waals surface area contributed by atoms with Crippen molar-refractivity contribution in [3.05, 3.63) is 72.7 Å². The van der Waals surface area contributed by atoms with E-state index in [-0.39, 0.29) is 28.2 Å². The Hall–Kier alpha value is -3.43. The zero-order valence-electron chi connectivity index (χ0n) is 17.2. The zero-order valence-corrected chi connectivity index (χ0v) is 18.0.